The molecule has 0 spiro atoms. The second-order valence-corrected chi connectivity index (χ2v) is 5.32. The molecule has 1 aromatic heterocycles. The third-order valence-electron chi connectivity index (χ3n) is 2.74. The maximum Gasteiger partial charge on any atom is 0.271 e. The summed E-state index contributed by atoms with van der Waals surface area (Å²) in [6.45, 7) is 3.17. The molecule has 1 aromatic carbocycles. The van der Waals surface area contributed by atoms with Crippen molar-refractivity contribution in [2.75, 3.05) is 5.32 Å². The smallest absolute Gasteiger partial charge is 0.271 e. The van der Waals surface area contributed by atoms with Gasteiger partial charge in [-0.2, -0.15) is 0 Å². The minimum absolute atomic E-state index is 0.234. The zero-order valence-corrected chi connectivity index (χ0v) is 12.3. The Kier molecular flexibility index (Phi) is 4.64. The normalized spacial score (nSPS) is 11.8. The number of nitrogens with one attached hydrogen (secondary N) is 2. The molecule has 2 rings (SSSR count). The summed E-state index contributed by atoms with van der Waals surface area (Å²) >= 11 is 1.18. The summed E-state index contributed by atoms with van der Waals surface area (Å²) in [6, 6.07) is 5.64. The van der Waals surface area contributed by atoms with E-state index < -0.39 is 0 Å². The van der Waals surface area contributed by atoms with E-state index in [4.69, 9.17) is 0 Å². The van der Waals surface area contributed by atoms with Gasteiger partial charge >= 0.3 is 0 Å². The predicted octanol–water partition coefficient (Wildman–Crippen LogP) is 2.73. The summed E-state index contributed by atoms with van der Waals surface area (Å²) in [5.41, 5.74) is 1.03. The lowest BCUT2D eigenvalue weighted by atomic mass is 10.1. The molecule has 1 atom stereocenters. The Hall–Kier alpha value is -2.28. The molecule has 0 saturated carbocycles. The molecule has 110 valence electrons. The fraction of sp³-hybridized carbons (Fsp3) is 0.214. The molecule has 0 bridgehead atoms. The van der Waals surface area contributed by atoms with Gasteiger partial charge in [0.1, 0.15) is 11.5 Å². The van der Waals surface area contributed by atoms with Crippen molar-refractivity contribution in [2.24, 2.45) is 0 Å². The van der Waals surface area contributed by atoms with Crippen LogP contribution in [0.25, 0.3) is 0 Å². The number of hydrogen-bond acceptors (Lipinski definition) is 4. The van der Waals surface area contributed by atoms with Gasteiger partial charge in [0, 0.05) is 12.3 Å². The average Bonchev–Trinajstić information content (AvgIpc) is 2.87. The van der Waals surface area contributed by atoms with Crippen molar-refractivity contribution < 1.29 is 14.0 Å². The highest BCUT2D eigenvalue weighted by Gasteiger charge is 2.15. The van der Waals surface area contributed by atoms with Crippen molar-refractivity contribution in [1.82, 2.24) is 10.3 Å². The SMILES string of the molecule is CC(=O)Nc1nc(C(=O)N[C@@H](C)c2ccc(F)cc2)cs1. The average molecular weight is 307 g/mol. The minimum atomic E-state index is -0.348. The molecule has 0 aliphatic heterocycles. The van der Waals surface area contributed by atoms with E-state index >= 15 is 0 Å². The molecule has 21 heavy (non-hydrogen) atoms. The third kappa shape index (κ3) is 4.09. The second-order valence-electron chi connectivity index (χ2n) is 4.47. The van der Waals surface area contributed by atoms with Crippen LogP contribution in [0.5, 0.6) is 0 Å². The van der Waals surface area contributed by atoms with Crippen molar-refractivity contribution in [3.8, 4) is 0 Å². The lowest BCUT2D eigenvalue weighted by molar-refractivity contribution is -0.114. The highest BCUT2D eigenvalue weighted by Crippen LogP contribution is 2.17. The van der Waals surface area contributed by atoms with Gasteiger partial charge in [0.05, 0.1) is 6.04 Å². The summed E-state index contributed by atoms with van der Waals surface area (Å²) in [4.78, 5) is 27.0. The van der Waals surface area contributed by atoms with Gasteiger partial charge in [0.15, 0.2) is 5.13 Å². The molecule has 0 unspecified atom stereocenters. The number of anilines is 1. The number of benzene rings is 1. The number of thiazole rings is 1. The van der Waals surface area contributed by atoms with Crippen LogP contribution in [0.15, 0.2) is 29.6 Å². The Balaban J connectivity index is 2.02. The number of aromatic nitrogens is 1. The first-order chi connectivity index (χ1) is 9.95. The van der Waals surface area contributed by atoms with Crippen LogP contribution in [0.2, 0.25) is 0 Å². The number of hydrogen-bond donors (Lipinski definition) is 2. The maximum absolute atomic E-state index is 12.9. The van der Waals surface area contributed by atoms with Crippen molar-refractivity contribution in [3.63, 3.8) is 0 Å². The molecule has 0 aliphatic carbocycles. The van der Waals surface area contributed by atoms with Crippen LogP contribution in [-0.2, 0) is 4.79 Å². The van der Waals surface area contributed by atoms with E-state index in [1.54, 1.807) is 24.4 Å². The van der Waals surface area contributed by atoms with Gasteiger partial charge in [0.25, 0.3) is 5.91 Å². The standard InChI is InChI=1S/C14H14FN3O2S/c1-8(10-3-5-11(15)6-4-10)16-13(20)12-7-21-14(18-12)17-9(2)19/h3-8H,1-2H3,(H,16,20)(H,17,18,19)/t8-/m0/s1. The van der Waals surface area contributed by atoms with Crippen molar-refractivity contribution in [2.45, 2.75) is 19.9 Å². The Morgan fingerprint density at radius 3 is 2.57 bits per heavy atom. The molecule has 2 N–H and O–H groups in total. The van der Waals surface area contributed by atoms with E-state index in [0.717, 1.165) is 5.56 Å². The number of rotatable bonds is 4. The lowest BCUT2D eigenvalue weighted by Gasteiger charge is -2.13. The topological polar surface area (TPSA) is 71.1 Å². The van der Waals surface area contributed by atoms with Crippen molar-refractivity contribution in [3.05, 3.63) is 46.7 Å². The predicted molar refractivity (Wildman–Crippen MR) is 78.7 cm³/mol. The van der Waals surface area contributed by atoms with E-state index in [1.165, 1.54) is 30.4 Å². The van der Waals surface area contributed by atoms with E-state index in [9.17, 15) is 14.0 Å². The number of carbonyl (C=O) groups is 2. The van der Waals surface area contributed by atoms with Crippen LogP contribution < -0.4 is 10.6 Å². The van der Waals surface area contributed by atoms with Gasteiger partial charge in [0.2, 0.25) is 5.91 Å². The number of carbonyl (C=O) groups excluding carboxylic acids is 2. The maximum atomic E-state index is 12.9. The monoisotopic (exact) mass is 307 g/mol. The number of nitrogens with zero attached hydrogens (tertiary/aromatic N) is 1. The summed E-state index contributed by atoms with van der Waals surface area (Å²) in [5.74, 6) is -0.910. The van der Waals surface area contributed by atoms with Gasteiger partial charge in [-0.1, -0.05) is 12.1 Å². The Morgan fingerprint density at radius 1 is 1.29 bits per heavy atom. The Morgan fingerprint density at radius 2 is 1.95 bits per heavy atom. The molecule has 2 aromatic rings. The molecular formula is C14H14FN3O2S. The van der Waals surface area contributed by atoms with Gasteiger partial charge in [-0.25, -0.2) is 9.37 Å². The van der Waals surface area contributed by atoms with Gasteiger partial charge in [-0.05, 0) is 24.6 Å². The lowest BCUT2D eigenvalue weighted by Crippen LogP contribution is -2.27. The second kappa shape index (κ2) is 6.45. The van der Waals surface area contributed by atoms with Gasteiger partial charge < -0.3 is 10.6 Å². The molecule has 5 nitrogen and oxygen atoms in total. The molecular weight excluding hydrogens is 293 g/mol. The number of amides is 2. The first kappa shape index (κ1) is 15.1. The van der Waals surface area contributed by atoms with Crippen LogP contribution in [-0.4, -0.2) is 16.8 Å². The van der Waals surface area contributed by atoms with E-state index in [0.29, 0.717) is 5.13 Å². The van der Waals surface area contributed by atoms with Gasteiger partial charge in [-0.15, -0.1) is 11.3 Å². The summed E-state index contributed by atoms with van der Waals surface area (Å²) < 4.78 is 12.9. The van der Waals surface area contributed by atoms with Crippen LogP contribution >= 0.6 is 11.3 Å². The highest BCUT2D eigenvalue weighted by atomic mass is 32.1. The van der Waals surface area contributed by atoms with Crippen LogP contribution in [0.1, 0.15) is 35.9 Å². The first-order valence-corrected chi connectivity index (χ1v) is 7.13. The molecule has 2 amide bonds. The zero-order valence-electron chi connectivity index (χ0n) is 11.5. The highest BCUT2D eigenvalue weighted by molar-refractivity contribution is 7.14. The fourth-order valence-corrected chi connectivity index (χ4v) is 2.43. The quantitative estimate of drug-likeness (QED) is 0.912. The van der Waals surface area contributed by atoms with Crippen molar-refractivity contribution in [1.29, 1.82) is 0 Å². The van der Waals surface area contributed by atoms with E-state index in [2.05, 4.69) is 15.6 Å². The Bertz CT molecular complexity index is 654. The molecule has 0 radical (unpaired) electrons. The van der Waals surface area contributed by atoms with Crippen molar-refractivity contribution >= 4 is 28.3 Å². The van der Waals surface area contributed by atoms with E-state index in [-0.39, 0.29) is 29.4 Å². The van der Waals surface area contributed by atoms with Gasteiger partial charge in [-0.3, -0.25) is 9.59 Å². The molecule has 0 fully saturated rings. The number of halogens is 1. The molecule has 1 heterocycles. The summed E-state index contributed by atoms with van der Waals surface area (Å²) in [6.07, 6.45) is 0. The third-order valence-corrected chi connectivity index (χ3v) is 3.50. The fourth-order valence-electron chi connectivity index (χ4n) is 1.69. The molecule has 0 aliphatic rings. The largest absolute Gasteiger partial charge is 0.344 e. The summed E-state index contributed by atoms with van der Waals surface area (Å²) in [5, 5.41) is 7.23. The first-order valence-electron chi connectivity index (χ1n) is 6.25. The van der Waals surface area contributed by atoms with Crippen LogP contribution in [0.3, 0.4) is 0 Å². The zero-order chi connectivity index (χ0) is 15.4. The van der Waals surface area contributed by atoms with E-state index in [1.807, 2.05) is 0 Å². The molecule has 7 heteroatoms. The summed E-state index contributed by atoms with van der Waals surface area (Å²) in [7, 11) is 0. The van der Waals surface area contributed by atoms with Crippen LogP contribution in [0, 0.1) is 5.82 Å². The van der Waals surface area contributed by atoms with Crippen LogP contribution in [0.4, 0.5) is 9.52 Å². The Labute approximate surface area is 125 Å². The minimum Gasteiger partial charge on any atom is -0.344 e. The molecule has 0 saturated heterocycles.